The Morgan fingerprint density at radius 1 is 1.29 bits per heavy atom. The number of rotatable bonds is 7. The summed E-state index contributed by atoms with van der Waals surface area (Å²) in [5.41, 5.74) is 1.26. The lowest BCUT2D eigenvalue weighted by Gasteiger charge is -2.20. The number of aryl methyl sites for hydroxylation is 1. The van der Waals surface area contributed by atoms with Crippen LogP contribution >= 0.6 is 0 Å². The Hall–Kier alpha value is -1.88. The van der Waals surface area contributed by atoms with Crippen LogP contribution in [0.25, 0.3) is 0 Å². The second-order valence-corrected chi connectivity index (χ2v) is 5.41. The van der Waals surface area contributed by atoms with Gasteiger partial charge in [0.2, 0.25) is 5.91 Å². The fourth-order valence-electron chi connectivity index (χ4n) is 2.70. The number of nitrogens with one attached hydrogen (secondary N) is 1. The first-order chi connectivity index (χ1) is 10.2. The van der Waals surface area contributed by atoms with E-state index in [2.05, 4.69) is 17.4 Å². The summed E-state index contributed by atoms with van der Waals surface area (Å²) in [6.45, 7) is 1.50. The largest absolute Gasteiger partial charge is 0.480 e. The first kappa shape index (κ1) is 15.5. The van der Waals surface area contributed by atoms with Crippen molar-refractivity contribution in [3.05, 3.63) is 35.9 Å². The first-order valence-corrected chi connectivity index (χ1v) is 7.44. The van der Waals surface area contributed by atoms with Crippen molar-refractivity contribution in [2.24, 2.45) is 0 Å². The molecule has 1 amide bonds. The van der Waals surface area contributed by atoms with Gasteiger partial charge in [0.15, 0.2) is 0 Å². The maximum absolute atomic E-state index is 11.8. The van der Waals surface area contributed by atoms with E-state index in [0.717, 1.165) is 19.3 Å². The average Bonchev–Trinajstić information content (AvgIpc) is 2.93. The van der Waals surface area contributed by atoms with Crippen LogP contribution in [0.1, 0.15) is 24.8 Å². The number of aliphatic carboxylic acids is 1. The van der Waals surface area contributed by atoms with E-state index < -0.39 is 12.0 Å². The number of hydrogen-bond acceptors (Lipinski definition) is 3. The number of hydrogen-bond donors (Lipinski definition) is 2. The Balaban J connectivity index is 1.65. The summed E-state index contributed by atoms with van der Waals surface area (Å²) < 4.78 is 0. The minimum atomic E-state index is -0.829. The van der Waals surface area contributed by atoms with Crippen LogP contribution < -0.4 is 5.32 Å². The van der Waals surface area contributed by atoms with E-state index in [-0.39, 0.29) is 12.5 Å². The minimum absolute atomic E-state index is 0.0868. The highest BCUT2D eigenvalue weighted by Crippen LogP contribution is 2.16. The van der Waals surface area contributed by atoms with Crippen LogP contribution in [0.5, 0.6) is 0 Å². The monoisotopic (exact) mass is 290 g/mol. The van der Waals surface area contributed by atoms with Crippen LogP contribution in [0.3, 0.4) is 0 Å². The summed E-state index contributed by atoms with van der Waals surface area (Å²) in [6.07, 6.45) is 3.30. The number of amides is 1. The van der Waals surface area contributed by atoms with Gasteiger partial charge in [0, 0.05) is 6.54 Å². The van der Waals surface area contributed by atoms with E-state index in [0.29, 0.717) is 19.5 Å². The molecule has 1 heterocycles. The normalized spacial score (nSPS) is 18.6. The van der Waals surface area contributed by atoms with Crippen LogP contribution in [-0.4, -0.2) is 47.6 Å². The van der Waals surface area contributed by atoms with Gasteiger partial charge in [-0.1, -0.05) is 30.3 Å². The van der Waals surface area contributed by atoms with Crippen molar-refractivity contribution in [1.82, 2.24) is 10.2 Å². The summed E-state index contributed by atoms with van der Waals surface area (Å²) in [7, 11) is 0. The SMILES string of the molecule is O=C(CN1CCCC1C(=O)O)NCCCc1ccccc1. The molecule has 5 heteroatoms. The highest BCUT2D eigenvalue weighted by molar-refractivity contribution is 5.80. The third-order valence-corrected chi connectivity index (χ3v) is 3.80. The van der Waals surface area contributed by atoms with Gasteiger partial charge in [-0.3, -0.25) is 14.5 Å². The lowest BCUT2D eigenvalue weighted by Crippen LogP contribution is -2.43. The topological polar surface area (TPSA) is 69.6 Å². The van der Waals surface area contributed by atoms with Gasteiger partial charge in [-0.15, -0.1) is 0 Å². The third-order valence-electron chi connectivity index (χ3n) is 3.80. The van der Waals surface area contributed by atoms with Crippen LogP contribution in [0.15, 0.2) is 30.3 Å². The van der Waals surface area contributed by atoms with E-state index in [1.54, 1.807) is 4.90 Å². The number of carboxylic acids is 1. The number of carbonyl (C=O) groups excluding carboxylic acids is 1. The Kier molecular flexibility index (Phi) is 5.75. The molecule has 2 rings (SSSR count). The van der Waals surface area contributed by atoms with E-state index in [9.17, 15) is 9.59 Å². The van der Waals surface area contributed by atoms with E-state index in [1.165, 1.54) is 5.56 Å². The average molecular weight is 290 g/mol. The smallest absolute Gasteiger partial charge is 0.320 e. The van der Waals surface area contributed by atoms with Crippen molar-refractivity contribution < 1.29 is 14.7 Å². The minimum Gasteiger partial charge on any atom is -0.480 e. The maximum atomic E-state index is 11.8. The predicted molar refractivity (Wildman–Crippen MR) is 80.0 cm³/mol. The molecule has 5 nitrogen and oxygen atoms in total. The van der Waals surface area contributed by atoms with Crippen molar-refractivity contribution in [2.75, 3.05) is 19.6 Å². The first-order valence-electron chi connectivity index (χ1n) is 7.44. The molecule has 0 saturated carbocycles. The molecular formula is C16H22N2O3. The van der Waals surface area contributed by atoms with E-state index in [4.69, 9.17) is 5.11 Å². The maximum Gasteiger partial charge on any atom is 0.320 e. The van der Waals surface area contributed by atoms with Crippen molar-refractivity contribution in [2.45, 2.75) is 31.7 Å². The predicted octanol–water partition coefficient (Wildman–Crippen LogP) is 1.28. The fourth-order valence-corrected chi connectivity index (χ4v) is 2.70. The third kappa shape index (κ3) is 4.86. The molecule has 0 bridgehead atoms. The lowest BCUT2D eigenvalue weighted by molar-refractivity contribution is -0.142. The van der Waals surface area contributed by atoms with Crippen molar-refractivity contribution in [3.63, 3.8) is 0 Å². The molecule has 0 radical (unpaired) electrons. The van der Waals surface area contributed by atoms with Crippen LogP contribution in [0, 0.1) is 0 Å². The van der Waals surface area contributed by atoms with Gasteiger partial charge >= 0.3 is 5.97 Å². The standard InChI is InChI=1S/C16H22N2O3/c19-15(12-18-11-5-9-14(18)16(20)21)17-10-4-8-13-6-2-1-3-7-13/h1-3,6-7,14H,4-5,8-12H2,(H,17,19)(H,20,21). The summed E-state index contributed by atoms with van der Waals surface area (Å²) in [4.78, 5) is 24.6. The summed E-state index contributed by atoms with van der Waals surface area (Å²) >= 11 is 0. The fraction of sp³-hybridized carbons (Fsp3) is 0.500. The van der Waals surface area contributed by atoms with Crippen LogP contribution in [-0.2, 0) is 16.0 Å². The molecule has 1 aromatic carbocycles. The van der Waals surface area contributed by atoms with Gasteiger partial charge in [0.25, 0.3) is 0 Å². The Morgan fingerprint density at radius 3 is 2.76 bits per heavy atom. The number of nitrogens with zero attached hydrogens (tertiary/aromatic N) is 1. The number of benzene rings is 1. The zero-order valence-electron chi connectivity index (χ0n) is 12.1. The quantitative estimate of drug-likeness (QED) is 0.742. The second-order valence-electron chi connectivity index (χ2n) is 5.41. The van der Waals surface area contributed by atoms with E-state index in [1.807, 2.05) is 18.2 Å². The van der Waals surface area contributed by atoms with Crippen molar-refractivity contribution in [3.8, 4) is 0 Å². The zero-order chi connectivity index (χ0) is 15.1. The Morgan fingerprint density at radius 2 is 2.05 bits per heavy atom. The van der Waals surface area contributed by atoms with Gasteiger partial charge in [-0.05, 0) is 37.8 Å². The summed E-state index contributed by atoms with van der Waals surface area (Å²) in [5, 5.41) is 11.9. The van der Waals surface area contributed by atoms with Crippen LogP contribution in [0.4, 0.5) is 0 Å². The van der Waals surface area contributed by atoms with Gasteiger partial charge in [0.05, 0.1) is 6.54 Å². The number of carbonyl (C=O) groups is 2. The molecule has 1 aliphatic rings. The Bertz CT molecular complexity index is 476. The lowest BCUT2D eigenvalue weighted by atomic mass is 10.1. The molecule has 0 aromatic heterocycles. The number of likely N-dealkylation sites (tertiary alicyclic amines) is 1. The van der Waals surface area contributed by atoms with Gasteiger partial charge in [-0.2, -0.15) is 0 Å². The molecule has 1 saturated heterocycles. The Labute approximate surface area is 125 Å². The highest BCUT2D eigenvalue weighted by atomic mass is 16.4. The molecule has 0 spiro atoms. The molecule has 1 atom stereocenters. The molecule has 1 fully saturated rings. The molecule has 1 aromatic rings. The van der Waals surface area contributed by atoms with Crippen molar-refractivity contribution >= 4 is 11.9 Å². The van der Waals surface area contributed by atoms with E-state index >= 15 is 0 Å². The molecule has 2 N–H and O–H groups in total. The van der Waals surface area contributed by atoms with Gasteiger partial charge in [-0.25, -0.2) is 0 Å². The number of carboxylic acid groups (broad SMARTS) is 1. The molecular weight excluding hydrogens is 268 g/mol. The summed E-state index contributed by atoms with van der Waals surface area (Å²) in [6, 6.07) is 9.65. The zero-order valence-corrected chi connectivity index (χ0v) is 12.1. The highest BCUT2D eigenvalue weighted by Gasteiger charge is 2.31. The molecule has 1 unspecified atom stereocenters. The molecule has 1 aliphatic heterocycles. The molecule has 0 aliphatic carbocycles. The van der Waals surface area contributed by atoms with Crippen molar-refractivity contribution in [1.29, 1.82) is 0 Å². The summed E-state index contributed by atoms with van der Waals surface area (Å²) in [5.74, 6) is -0.916. The van der Waals surface area contributed by atoms with Crippen LogP contribution in [0.2, 0.25) is 0 Å². The molecule has 114 valence electrons. The van der Waals surface area contributed by atoms with Gasteiger partial charge < -0.3 is 10.4 Å². The second kappa shape index (κ2) is 7.78. The molecule has 21 heavy (non-hydrogen) atoms. The van der Waals surface area contributed by atoms with Gasteiger partial charge in [0.1, 0.15) is 6.04 Å².